The molecule has 0 spiro atoms. The van der Waals surface area contributed by atoms with Crippen molar-refractivity contribution in [2.45, 2.75) is 386 Å². The number of carbonyl (C=O) groups is 3. The van der Waals surface area contributed by atoms with E-state index in [1.807, 2.05) is 0 Å². The van der Waals surface area contributed by atoms with Crippen molar-refractivity contribution in [1.29, 1.82) is 0 Å². The Labute approximate surface area is 665 Å². The van der Waals surface area contributed by atoms with Gasteiger partial charge in [0, 0.05) is 19.3 Å². The second kappa shape index (κ2) is 83.1. The Morgan fingerprint density at radius 2 is 0.486 bits per heavy atom. The molecule has 0 aromatic carbocycles. The summed E-state index contributed by atoms with van der Waals surface area (Å²) in [6.45, 7) is 2.52. The van der Waals surface area contributed by atoms with Crippen molar-refractivity contribution >= 4 is 33.6 Å². The third-order valence-electron chi connectivity index (χ3n) is 18.3. The third-order valence-corrected chi connectivity index (χ3v) is 20.2. The van der Waals surface area contributed by atoms with Gasteiger partial charge in [0.25, 0.3) is 0 Å². The van der Waals surface area contributed by atoms with E-state index in [4.69, 9.17) is 32.3 Å². The molecular weight excluding hydrogens is 1410 g/mol. The number of carbonyl (C=O) groups excluding carboxylic acids is 3. The molecule has 5 unspecified atom stereocenters. The van der Waals surface area contributed by atoms with E-state index in [9.17, 15) is 43.5 Å². The monoisotopic (exact) mass is 1570 g/mol. The van der Waals surface area contributed by atoms with Gasteiger partial charge in [-0.25, -0.2) is 9.13 Å². The average Bonchev–Trinajstić information content (AvgIpc) is 0.916. The standard InChI is InChI=1S/C91H158O16P2/c1-4-7-10-13-16-19-22-25-28-30-32-34-36-37-38-39-40-41-42-43-44-45-46-47-49-51-52-54-57-59-62-65-68-71-74-77-89(94)101-80-86(92)81-103-108(97,98)104-82-87(93)83-105-109(99,100)106-85-88(107-91(96)79-76-73-70-67-64-61-56-27-24-21-18-15-12-9-6-3)84-102-90(95)78-75-72-69-66-63-60-58-55-53-50-48-35-33-31-29-26-23-20-17-14-11-8-5-2/h8,11,16-21,25-29,32-35,37-38,50,53,56,86-88,92-93H,4-7,9-10,12-15,22-24,30-31,36,39-49,51-52,54-55,57-85H2,1-3H3,(H,97,98)(H,99,100)/b11-8-,19-16-,20-17-,21-18-,28-25-,29-26-,34-32-,35-33-,38-37-,53-50-,56-27-. The largest absolute Gasteiger partial charge is 0.472 e. The number of aliphatic hydroxyl groups excluding tert-OH is 2. The van der Waals surface area contributed by atoms with Crippen LogP contribution in [0.5, 0.6) is 0 Å². The molecule has 0 rings (SSSR count). The van der Waals surface area contributed by atoms with Crippen molar-refractivity contribution in [3.05, 3.63) is 134 Å². The lowest BCUT2D eigenvalue weighted by atomic mass is 10.0. The Morgan fingerprint density at radius 3 is 0.771 bits per heavy atom. The molecule has 628 valence electrons. The van der Waals surface area contributed by atoms with Crippen molar-refractivity contribution in [2.75, 3.05) is 39.6 Å². The molecule has 0 radical (unpaired) electrons. The zero-order valence-corrected chi connectivity index (χ0v) is 70.7. The van der Waals surface area contributed by atoms with Gasteiger partial charge >= 0.3 is 33.6 Å². The van der Waals surface area contributed by atoms with E-state index in [0.717, 1.165) is 161 Å². The smallest absolute Gasteiger partial charge is 0.463 e. The summed E-state index contributed by atoms with van der Waals surface area (Å²) in [4.78, 5) is 58.8. The summed E-state index contributed by atoms with van der Waals surface area (Å²) in [5, 5.41) is 20.7. The predicted molar refractivity (Wildman–Crippen MR) is 454 cm³/mol. The molecule has 0 heterocycles. The highest BCUT2D eigenvalue weighted by atomic mass is 31.2. The zero-order valence-electron chi connectivity index (χ0n) is 68.9. The topological polar surface area (TPSA) is 231 Å². The number of hydrogen-bond donors (Lipinski definition) is 4. The van der Waals surface area contributed by atoms with Crippen LogP contribution >= 0.6 is 15.6 Å². The molecule has 18 heteroatoms. The molecule has 4 N–H and O–H groups in total. The molecule has 0 aliphatic heterocycles. The van der Waals surface area contributed by atoms with Crippen LogP contribution in [0.3, 0.4) is 0 Å². The van der Waals surface area contributed by atoms with Crippen LogP contribution in [0.4, 0.5) is 0 Å². The Morgan fingerprint density at radius 1 is 0.266 bits per heavy atom. The highest BCUT2D eigenvalue weighted by molar-refractivity contribution is 7.47. The highest BCUT2D eigenvalue weighted by Crippen LogP contribution is 2.45. The van der Waals surface area contributed by atoms with E-state index < -0.39 is 91.5 Å². The van der Waals surface area contributed by atoms with Crippen LogP contribution in [-0.4, -0.2) is 95.9 Å². The van der Waals surface area contributed by atoms with Crippen molar-refractivity contribution < 1.29 is 75.8 Å². The van der Waals surface area contributed by atoms with Gasteiger partial charge in [0.2, 0.25) is 0 Å². The quantitative estimate of drug-likeness (QED) is 0.0146. The lowest BCUT2D eigenvalue weighted by Crippen LogP contribution is -2.30. The number of esters is 3. The average molecular weight is 1570 g/mol. The first-order valence-corrected chi connectivity index (χ1v) is 46.5. The minimum Gasteiger partial charge on any atom is -0.463 e. The van der Waals surface area contributed by atoms with Crippen molar-refractivity contribution in [3.63, 3.8) is 0 Å². The van der Waals surface area contributed by atoms with Gasteiger partial charge in [-0.05, 0) is 141 Å². The molecule has 109 heavy (non-hydrogen) atoms. The molecule has 16 nitrogen and oxygen atoms in total. The maximum Gasteiger partial charge on any atom is 0.472 e. The van der Waals surface area contributed by atoms with Crippen LogP contribution in [0.1, 0.15) is 367 Å². The summed E-state index contributed by atoms with van der Waals surface area (Å²) < 4.78 is 61.3. The zero-order chi connectivity index (χ0) is 79.4. The van der Waals surface area contributed by atoms with Crippen molar-refractivity contribution in [1.82, 2.24) is 0 Å². The van der Waals surface area contributed by atoms with Crippen LogP contribution in [0.2, 0.25) is 0 Å². The molecular formula is C91H158O16P2. The van der Waals surface area contributed by atoms with Crippen LogP contribution in [-0.2, 0) is 55.8 Å². The summed E-state index contributed by atoms with van der Waals surface area (Å²) in [5.41, 5.74) is 0. The number of phosphoric acid groups is 2. The summed E-state index contributed by atoms with van der Waals surface area (Å²) in [6.07, 6.45) is 102. The molecule has 0 aromatic rings. The van der Waals surface area contributed by atoms with Gasteiger partial charge < -0.3 is 34.2 Å². The number of rotatable bonds is 82. The van der Waals surface area contributed by atoms with Gasteiger partial charge in [-0.2, -0.15) is 0 Å². The number of unbranched alkanes of at least 4 members (excludes halogenated alkanes) is 37. The van der Waals surface area contributed by atoms with Gasteiger partial charge in [-0.15, -0.1) is 0 Å². The molecule has 0 amide bonds. The minimum absolute atomic E-state index is 0.0839. The minimum atomic E-state index is -4.94. The first kappa shape index (κ1) is 105. The molecule has 0 bridgehead atoms. The van der Waals surface area contributed by atoms with Gasteiger partial charge in [0.1, 0.15) is 25.4 Å². The van der Waals surface area contributed by atoms with E-state index in [0.29, 0.717) is 19.3 Å². The second-order valence-electron chi connectivity index (χ2n) is 29.0. The van der Waals surface area contributed by atoms with Crippen molar-refractivity contribution in [2.24, 2.45) is 0 Å². The Kier molecular flexibility index (Phi) is 79.8. The fourth-order valence-electron chi connectivity index (χ4n) is 11.7. The Hall–Kier alpha value is -4.31. The van der Waals surface area contributed by atoms with Crippen LogP contribution in [0.25, 0.3) is 0 Å². The summed E-state index contributed by atoms with van der Waals surface area (Å²) in [6, 6.07) is 0. The predicted octanol–water partition coefficient (Wildman–Crippen LogP) is 26.2. The van der Waals surface area contributed by atoms with E-state index in [-0.39, 0.29) is 19.3 Å². The molecule has 0 aliphatic rings. The fourth-order valence-corrected chi connectivity index (χ4v) is 13.3. The maximum absolute atomic E-state index is 13.0. The van der Waals surface area contributed by atoms with Gasteiger partial charge in [0.15, 0.2) is 6.10 Å². The van der Waals surface area contributed by atoms with Crippen LogP contribution in [0, 0.1) is 0 Å². The number of aliphatic hydroxyl groups is 2. The fraction of sp³-hybridized carbons (Fsp3) is 0.725. The van der Waals surface area contributed by atoms with Gasteiger partial charge in [-0.3, -0.25) is 32.5 Å². The summed E-state index contributed by atoms with van der Waals surface area (Å²) in [5.74, 6) is -1.60. The van der Waals surface area contributed by atoms with Crippen molar-refractivity contribution in [3.8, 4) is 0 Å². The summed E-state index contributed by atoms with van der Waals surface area (Å²) in [7, 11) is -9.80. The first-order valence-electron chi connectivity index (χ1n) is 43.5. The molecule has 0 aliphatic carbocycles. The van der Waals surface area contributed by atoms with Crippen LogP contribution in [0.15, 0.2) is 134 Å². The number of ether oxygens (including phenoxy) is 3. The summed E-state index contributed by atoms with van der Waals surface area (Å²) >= 11 is 0. The molecule has 0 saturated heterocycles. The Balaban J connectivity index is 4.43. The van der Waals surface area contributed by atoms with E-state index in [1.54, 1.807) is 0 Å². The lowest BCUT2D eigenvalue weighted by molar-refractivity contribution is -0.161. The normalized spacial score (nSPS) is 14.5. The Bertz CT molecular complexity index is 2510. The molecule has 0 aromatic heterocycles. The number of phosphoric ester groups is 2. The van der Waals surface area contributed by atoms with Gasteiger partial charge in [0.05, 0.1) is 26.4 Å². The molecule has 5 atom stereocenters. The maximum atomic E-state index is 13.0. The van der Waals surface area contributed by atoms with E-state index in [1.165, 1.54) is 148 Å². The van der Waals surface area contributed by atoms with Crippen LogP contribution < -0.4 is 0 Å². The number of hydrogen-bond acceptors (Lipinski definition) is 14. The van der Waals surface area contributed by atoms with E-state index in [2.05, 4.69) is 154 Å². The molecule has 0 saturated carbocycles. The molecule has 0 fully saturated rings. The van der Waals surface area contributed by atoms with E-state index >= 15 is 0 Å². The lowest BCUT2D eigenvalue weighted by Gasteiger charge is -2.21. The SMILES string of the molecule is CC/C=C\C/C=C\C/C=C\C/C=C\C/C=C\CCCCCCCCCC(=O)OCC(COP(=O)(O)OCC(O)COP(=O)(O)OCC(O)COC(=O)CCCCCCCCCCCCCCCCCCCCC/C=C\C/C=C\C/C=C\C/C=C\CCCCC)OC(=O)CCCCCCC/C=C\C/C=C\CCCCC. The first-order chi connectivity index (χ1) is 53.2. The van der Waals surface area contributed by atoms with Gasteiger partial charge in [-0.1, -0.05) is 341 Å². The third kappa shape index (κ3) is 84.4. The second-order valence-corrected chi connectivity index (χ2v) is 31.9. The number of allylic oxidation sites excluding steroid dienone is 22. The highest BCUT2D eigenvalue weighted by Gasteiger charge is 2.29.